The van der Waals surface area contributed by atoms with E-state index < -0.39 is 0 Å². The van der Waals surface area contributed by atoms with Crippen molar-refractivity contribution >= 4 is 35.9 Å². The second kappa shape index (κ2) is 10.1. The van der Waals surface area contributed by atoms with Gasteiger partial charge in [-0.3, -0.25) is 9.79 Å². The fourth-order valence-electron chi connectivity index (χ4n) is 3.29. The summed E-state index contributed by atoms with van der Waals surface area (Å²) >= 11 is 0. The molecule has 6 heteroatoms. The van der Waals surface area contributed by atoms with Crippen LogP contribution in [0.5, 0.6) is 0 Å². The summed E-state index contributed by atoms with van der Waals surface area (Å²) in [4.78, 5) is 18.3. The Balaban J connectivity index is 0.00000338. The van der Waals surface area contributed by atoms with Crippen molar-refractivity contribution in [1.82, 2.24) is 10.2 Å². The highest BCUT2D eigenvalue weighted by Crippen LogP contribution is 2.23. The maximum absolute atomic E-state index is 11.7. The molecule has 5 nitrogen and oxygen atoms in total. The lowest BCUT2D eigenvalue weighted by molar-refractivity contribution is -0.146. The van der Waals surface area contributed by atoms with Crippen LogP contribution in [0.3, 0.4) is 0 Å². The highest BCUT2D eigenvalue weighted by atomic mass is 127. The first-order chi connectivity index (χ1) is 11.9. The normalized spacial score (nSPS) is 16.0. The summed E-state index contributed by atoms with van der Waals surface area (Å²) in [5.74, 6) is 0.829. The zero-order chi connectivity index (χ0) is 18.4. The number of aliphatic imine (C=N–C) groups is 1. The number of piperidine rings is 1. The molecule has 0 aromatic heterocycles. The van der Waals surface area contributed by atoms with Crippen molar-refractivity contribution in [2.45, 2.75) is 39.0 Å². The SMILES string of the molecule is CN=C(NCC(C)(C)c1cccc(C)c1)N1CCC(C(=O)OC)CC1.I. The summed E-state index contributed by atoms with van der Waals surface area (Å²) in [7, 11) is 3.27. The van der Waals surface area contributed by atoms with Gasteiger partial charge >= 0.3 is 5.97 Å². The van der Waals surface area contributed by atoms with E-state index in [1.807, 2.05) is 7.05 Å². The van der Waals surface area contributed by atoms with E-state index in [1.54, 1.807) is 0 Å². The number of methoxy groups -OCH3 is 1. The van der Waals surface area contributed by atoms with Crippen LogP contribution in [-0.2, 0) is 14.9 Å². The van der Waals surface area contributed by atoms with E-state index in [2.05, 4.69) is 60.2 Å². The van der Waals surface area contributed by atoms with E-state index in [0.717, 1.165) is 38.4 Å². The molecule has 1 fully saturated rings. The molecule has 1 aromatic rings. The number of carbonyl (C=O) groups is 1. The van der Waals surface area contributed by atoms with Gasteiger partial charge in [-0.05, 0) is 25.3 Å². The monoisotopic (exact) mass is 473 g/mol. The molecule has 26 heavy (non-hydrogen) atoms. The summed E-state index contributed by atoms with van der Waals surface area (Å²) in [6.45, 7) is 9.06. The maximum Gasteiger partial charge on any atom is 0.308 e. The molecule has 1 saturated heterocycles. The lowest BCUT2D eigenvalue weighted by Crippen LogP contribution is -2.49. The van der Waals surface area contributed by atoms with Crippen LogP contribution in [0.15, 0.2) is 29.3 Å². The van der Waals surface area contributed by atoms with Gasteiger partial charge in [0, 0.05) is 32.1 Å². The molecule has 0 bridgehead atoms. The van der Waals surface area contributed by atoms with Crippen molar-refractivity contribution in [2.75, 3.05) is 33.8 Å². The topological polar surface area (TPSA) is 53.9 Å². The Bertz CT molecular complexity index is 623. The molecule has 0 aliphatic carbocycles. The number of hydrogen-bond acceptors (Lipinski definition) is 3. The molecule has 1 aliphatic rings. The number of benzene rings is 1. The molecule has 1 aliphatic heterocycles. The van der Waals surface area contributed by atoms with Crippen LogP contribution in [0, 0.1) is 12.8 Å². The van der Waals surface area contributed by atoms with Crippen LogP contribution in [0.1, 0.15) is 37.8 Å². The quantitative estimate of drug-likeness (QED) is 0.316. The second-order valence-electron chi connectivity index (χ2n) is 7.44. The van der Waals surface area contributed by atoms with Crippen molar-refractivity contribution in [1.29, 1.82) is 0 Å². The molecule has 0 atom stereocenters. The summed E-state index contributed by atoms with van der Waals surface area (Å²) in [5, 5.41) is 3.52. The van der Waals surface area contributed by atoms with Gasteiger partial charge < -0.3 is 15.0 Å². The predicted molar refractivity (Wildman–Crippen MR) is 117 cm³/mol. The summed E-state index contributed by atoms with van der Waals surface area (Å²) in [6, 6.07) is 8.65. The van der Waals surface area contributed by atoms with Crippen LogP contribution >= 0.6 is 24.0 Å². The minimum absolute atomic E-state index is 0. The van der Waals surface area contributed by atoms with Crippen LogP contribution in [0.2, 0.25) is 0 Å². The number of aryl methyl sites for hydroxylation is 1. The van der Waals surface area contributed by atoms with E-state index in [4.69, 9.17) is 4.74 Å². The Morgan fingerprint density at radius 3 is 2.54 bits per heavy atom. The van der Waals surface area contributed by atoms with Crippen molar-refractivity contribution in [3.63, 3.8) is 0 Å². The van der Waals surface area contributed by atoms with E-state index in [-0.39, 0.29) is 41.3 Å². The third-order valence-electron chi connectivity index (χ3n) is 5.03. The molecule has 0 unspecified atom stereocenters. The van der Waals surface area contributed by atoms with Gasteiger partial charge in [-0.15, -0.1) is 24.0 Å². The Morgan fingerprint density at radius 2 is 2.00 bits per heavy atom. The highest BCUT2D eigenvalue weighted by Gasteiger charge is 2.28. The van der Waals surface area contributed by atoms with Crippen molar-refractivity contribution < 1.29 is 9.53 Å². The number of nitrogens with one attached hydrogen (secondary N) is 1. The minimum Gasteiger partial charge on any atom is -0.469 e. The average Bonchev–Trinajstić information content (AvgIpc) is 2.62. The highest BCUT2D eigenvalue weighted by molar-refractivity contribution is 14.0. The van der Waals surface area contributed by atoms with Gasteiger partial charge in [0.25, 0.3) is 0 Å². The van der Waals surface area contributed by atoms with Gasteiger partial charge in [0.05, 0.1) is 13.0 Å². The number of hydrogen-bond donors (Lipinski definition) is 1. The van der Waals surface area contributed by atoms with Crippen molar-refractivity contribution in [3.8, 4) is 0 Å². The summed E-state index contributed by atoms with van der Waals surface area (Å²) < 4.78 is 4.86. The molecular weight excluding hydrogens is 441 g/mol. The molecule has 1 N–H and O–H groups in total. The van der Waals surface area contributed by atoms with Crippen molar-refractivity contribution in [2.24, 2.45) is 10.9 Å². The Hall–Kier alpha value is -1.31. The molecule has 0 radical (unpaired) electrons. The maximum atomic E-state index is 11.7. The fraction of sp³-hybridized carbons (Fsp3) is 0.600. The van der Waals surface area contributed by atoms with Gasteiger partial charge in [0.1, 0.15) is 0 Å². The zero-order valence-corrected chi connectivity index (χ0v) is 18.9. The third kappa shape index (κ3) is 5.86. The Labute approximate surface area is 174 Å². The summed E-state index contributed by atoms with van der Waals surface area (Å²) in [6.07, 6.45) is 1.63. The molecule has 2 rings (SSSR count). The van der Waals surface area contributed by atoms with Gasteiger partial charge in [0.2, 0.25) is 0 Å². The van der Waals surface area contributed by atoms with E-state index in [9.17, 15) is 4.79 Å². The molecule has 146 valence electrons. The smallest absolute Gasteiger partial charge is 0.308 e. The largest absolute Gasteiger partial charge is 0.469 e. The molecule has 1 aromatic carbocycles. The molecule has 0 amide bonds. The van der Waals surface area contributed by atoms with E-state index in [0.29, 0.717) is 0 Å². The number of nitrogens with zero attached hydrogens (tertiary/aromatic N) is 2. The van der Waals surface area contributed by atoms with E-state index >= 15 is 0 Å². The number of ether oxygens (including phenoxy) is 1. The van der Waals surface area contributed by atoms with Crippen molar-refractivity contribution in [3.05, 3.63) is 35.4 Å². The van der Waals surface area contributed by atoms with Gasteiger partial charge in [0.15, 0.2) is 5.96 Å². The van der Waals surface area contributed by atoms with Crippen LogP contribution in [-0.4, -0.2) is 50.6 Å². The standard InChI is InChI=1S/C20H31N3O2.HI/c1-15-7-6-8-17(13-15)20(2,3)14-22-19(21-4)23-11-9-16(10-12-23)18(24)25-5;/h6-8,13,16H,9-12,14H2,1-5H3,(H,21,22);1H. The molecule has 1 heterocycles. The molecular formula is C20H32IN3O2. The molecule has 0 saturated carbocycles. The average molecular weight is 473 g/mol. The zero-order valence-electron chi connectivity index (χ0n) is 16.5. The first-order valence-corrected chi connectivity index (χ1v) is 8.98. The number of esters is 1. The minimum atomic E-state index is -0.0943. The van der Waals surface area contributed by atoms with Gasteiger partial charge in [-0.2, -0.15) is 0 Å². The summed E-state index contributed by atoms with van der Waals surface area (Å²) in [5.41, 5.74) is 2.60. The second-order valence-corrected chi connectivity index (χ2v) is 7.44. The third-order valence-corrected chi connectivity index (χ3v) is 5.03. The van der Waals surface area contributed by atoms with Crippen LogP contribution in [0.25, 0.3) is 0 Å². The Morgan fingerprint density at radius 1 is 1.35 bits per heavy atom. The number of rotatable bonds is 4. The number of carbonyl (C=O) groups excluding carboxylic acids is 1. The molecule has 0 spiro atoms. The number of guanidine groups is 1. The lowest BCUT2D eigenvalue weighted by Gasteiger charge is -2.35. The van der Waals surface area contributed by atoms with E-state index in [1.165, 1.54) is 18.2 Å². The van der Waals surface area contributed by atoms with Crippen LogP contribution < -0.4 is 5.32 Å². The number of likely N-dealkylation sites (tertiary alicyclic amines) is 1. The lowest BCUT2D eigenvalue weighted by atomic mass is 9.84. The predicted octanol–water partition coefficient (Wildman–Crippen LogP) is 3.35. The fourth-order valence-corrected chi connectivity index (χ4v) is 3.29. The van der Waals surface area contributed by atoms with Crippen LogP contribution in [0.4, 0.5) is 0 Å². The Kier molecular flexibility index (Phi) is 8.86. The number of halogens is 1. The van der Waals surface area contributed by atoms with Gasteiger partial charge in [-0.25, -0.2) is 0 Å². The first-order valence-electron chi connectivity index (χ1n) is 8.98. The first kappa shape index (κ1) is 22.7. The van der Waals surface area contributed by atoms with Gasteiger partial charge in [-0.1, -0.05) is 43.7 Å².